The van der Waals surface area contributed by atoms with Crippen molar-refractivity contribution < 1.29 is 19.8 Å². The van der Waals surface area contributed by atoms with Crippen molar-refractivity contribution in [2.45, 2.75) is 18.9 Å². The summed E-state index contributed by atoms with van der Waals surface area (Å²) in [7, 11) is 0. The van der Waals surface area contributed by atoms with Crippen molar-refractivity contribution in [2.75, 3.05) is 0 Å². The lowest BCUT2D eigenvalue weighted by molar-refractivity contribution is -0.143. The Balaban J connectivity index is 2.71. The van der Waals surface area contributed by atoms with Gasteiger partial charge in [0.15, 0.2) is 0 Å². The maximum atomic E-state index is 11.1. The molecule has 0 amide bonds. The third kappa shape index (κ3) is 4.46. The number of carboxylic acids is 2. The van der Waals surface area contributed by atoms with Crippen LogP contribution in [0.4, 0.5) is 0 Å². The number of halogens is 1. The first-order chi connectivity index (χ1) is 8.40. The molecule has 6 heteroatoms. The number of benzene rings is 1. The normalized spacial score (nSPS) is 13.9. The molecule has 0 saturated carbocycles. The predicted octanol–water partition coefficient (Wildman–Crippen LogP) is 1.49. The first-order valence-electron chi connectivity index (χ1n) is 5.35. The molecule has 0 aliphatic heterocycles. The fourth-order valence-corrected chi connectivity index (χ4v) is 1.85. The molecular weight excluding hydrogens is 302 g/mol. The Morgan fingerprint density at radius 3 is 2.17 bits per heavy atom. The van der Waals surface area contributed by atoms with E-state index in [1.54, 1.807) is 12.1 Å². The first-order valence-corrected chi connectivity index (χ1v) is 6.15. The van der Waals surface area contributed by atoms with E-state index in [0.717, 1.165) is 10.0 Å². The van der Waals surface area contributed by atoms with Crippen LogP contribution < -0.4 is 5.73 Å². The second kappa shape index (κ2) is 6.51. The molecule has 18 heavy (non-hydrogen) atoms. The minimum atomic E-state index is -1.18. The summed E-state index contributed by atoms with van der Waals surface area (Å²) in [5.74, 6) is -3.01. The molecule has 1 aromatic rings. The summed E-state index contributed by atoms with van der Waals surface area (Å²) in [6.45, 7) is 0. The topological polar surface area (TPSA) is 101 Å². The Bertz CT molecular complexity index is 432. The highest BCUT2D eigenvalue weighted by atomic mass is 79.9. The van der Waals surface area contributed by atoms with Crippen LogP contribution in [0.3, 0.4) is 0 Å². The lowest BCUT2D eigenvalue weighted by Crippen LogP contribution is -2.35. The van der Waals surface area contributed by atoms with E-state index < -0.39 is 23.9 Å². The van der Waals surface area contributed by atoms with E-state index >= 15 is 0 Å². The summed E-state index contributed by atoms with van der Waals surface area (Å²) < 4.78 is 0.903. The van der Waals surface area contributed by atoms with Crippen molar-refractivity contribution >= 4 is 27.9 Å². The van der Waals surface area contributed by atoms with Crippen LogP contribution in [-0.4, -0.2) is 28.2 Å². The molecular formula is C12H14BrNO4. The van der Waals surface area contributed by atoms with Gasteiger partial charge >= 0.3 is 11.9 Å². The maximum absolute atomic E-state index is 11.1. The number of carboxylic acid groups (broad SMARTS) is 2. The van der Waals surface area contributed by atoms with Crippen molar-refractivity contribution in [3.63, 3.8) is 0 Å². The Labute approximate surface area is 113 Å². The van der Waals surface area contributed by atoms with E-state index in [0.29, 0.717) is 0 Å². The molecule has 0 aliphatic carbocycles. The third-order valence-corrected chi connectivity index (χ3v) is 3.13. The zero-order valence-electron chi connectivity index (χ0n) is 9.54. The predicted molar refractivity (Wildman–Crippen MR) is 69.2 cm³/mol. The Kier molecular flexibility index (Phi) is 5.30. The minimum absolute atomic E-state index is 0.0826. The van der Waals surface area contributed by atoms with Gasteiger partial charge < -0.3 is 15.9 Å². The summed E-state index contributed by atoms with van der Waals surface area (Å²) in [6.07, 6.45) is 0.185. The SMILES string of the molecule is N[C@@H](C[C@H](Cc1ccc(Br)cc1)C(=O)O)C(=O)O. The highest BCUT2D eigenvalue weighted by Crippen LogP contribution is 2.17. The van der Waals surface area contributed by atoms with Crippen molar-refractivity contribution in [1.82, 2.24) is 0 Å². The average Bonchev–Trinajstić information content (AvgIpc) is 2.30. The fraction of sp³-hybridized carbons (Fsp3) is 0.333. The molecule has 4 N–H and O–H groups in total. The molecule has 0 aliphatic rings. The van der Waals surface area contributed by atoms with Gasteiger partial charge in [-0.05, 0) is 30.5 Å². The van der Waals surface area contributed by atoms with Crippen LogP contribution in [0.1, 0.15) is 12.0 Å². The van der Waals surface area contributed by atoms with Gasteiger partial charge in [0.2, 0.25) is 0 Å². The van der Waals surface area contributed by atoms with Gasteiger partial charge in [0, 0.05) is 4.47 Å². The number of carbonyl (C=O) groups is 2. The molecule has 0 saturated heterocycles. The molecule has 0 bridgehead atoms. The van der Waals surface area contributed by atoms with Crippen LogP contribution in [-0.2, 0) is 16.0 Å². The summed E-state index contributed by atoms with van der Waals surface area (Å²) in [6, 6.07) is 6.07. The third-order valence-electron chi connectivity index (χ3n) is 2.60. The van der Waals surface area contributed by atoms with Gasteiger partial charge in [-0.2, -0.15) is 0 Å². The van der Waals surface area contributed by atoms with Gasteiger partial charge in [0.05, 0.1) is 5.92 Å². The fourth-order valence-electron chi connectivity index (χ4n) is 1.58. The summed E-state index contributed by atoms with van der Waals surface area (Å²) in [5.41, 5.74) is 6.20. The van der Waals surface area contributed by atoms with E-state index in [4.69, 9.17) is 15.9 Å². The van der Waals surface area contributed by atoms with Crippen molar-refractivity contribution in [1.29, 1.82) is 0 Å². The Morgan fingerprint density at radius 2 is 1.72 bits per heavy atom. The van der Waals surface area contributed by atoms with Gasteiger partial charge in [0.25, 0.3) is 0 Å². The van der Waals surface area contributed by atoms with E-state index in [1.807, 2.05) is 12.1 Å². The van der Waals surface area contributed by atoms with Gasteiger partial charge in [0.1, 0.15) is 6.04 Å². The van der Waals surface area contributed by atoms with Crippen LogP contribution in [0.25, 0.3) is 0 Å². The number of hydrogen-bond acceptors (Lipinski definition) is 3. The standard InChI is InChI=1S/C12H14BrNO4/c13-9-3-1-7(2-4-9)5-8(11(15)16)6-10(14)12(17)18/h1-4,8,10H,5-6,14H2,(H,15,16)(H,17,18)/t8-,10-/m0/s1. The average molecular weight is 316 g/mol. The quantitative estimate of drug-likeness (QED) is 0.738. The molecule has 5 nitrogen and oxygen atoms in total. The van der Waals surface area contributed by atoms with Crippen molar-refractivity contribution in [3.05, 3.63) is 34.3 Å². The summed E-state index contributed by atoms with van der Waals surface area (Å²) >= 11 is 3.29. The lowest BCUT2D eigenvalue weighted by Gasteiger charge is -2.14. The second-order valence-corrected chi connectivity index (χ2v) is 4.96. The summed E-state index contributed by atoms with van der Waals surface area (Å²) in [5, 5.41) is 17.8. The van der Waals surface area contributed by atoms with E-state index in [9.17, 15) is 9.59 Å². The molecule has 0 spiro atoms. The van der Waals surface area contributed by atoms with Crippen LogP contribution in [0.5, 0.6) is 0 Å². The number of rotatable bonds is 6. The number of aliphatic carboxylic acids is 2. The van der Waals surface area contributed by atoms with Crippen LogP contribution in [0, 0.1) is 5.92 Å². The minimum Gasteiger partial charge on any atom is -0.481 e. The molecule has 1 aromatic carbocycles. The van der Waals surface area contributed by atoms with Crippen molar-refractivity contribution in [2.24, 2.45) is 11.7 Å². The molecule has 0 aromatic heterocycles. The van der Waals surface area contributed by atoms with E-state index in [-0.39, 0.29) is 12.8 Å². The van der Waals surface area contributed by atoms with Gasteiger partial charge in [-0.25, -0.2) is 0 Å². The van der Waals surface area contributed by atoms with Gasteiger partial charge in [-0.3, -0.25) is 9.59 Å². The maximum Gasteiger partial charge on any atom is 0.320 e. The summed E-state index contributed by atoms with van der Waals surface area (Å²) in [4.78, 5) is 21.7. The van der Waals surface area contributed by atoms with Crippen molar-refractivity contribution in [3.8, 4) is 0 Å². The smallest absolute Gasteiger partial charge is 0.320 e. The monoisotopic (exact) mass is 315 g/mol. The molecule has 0 unspecified atom stereocenters. The highest BCUT2D eigenvalue weighted by Gasteiger charge is 2.24. The number of hydrogen-bond donors (Lipinski definition) is 3. The molecule has 0 fully saturated rings. The van der Waals surface area contributed by atoms with Crippen LogP contribution in [0.15, 0.2) is 28.7 Å². The van der Waals surface area contributed by atoms with E-state index in [1.165, 1.54) is 0 Å². The zero-order valence-corrected chi connectivity index (χ0v) is 11.1. The molecule has 0 heterocycles. The number of nitrogens with two attached hydrogens (primary N) is 1. The molecule has 1 rings (SSSR count). The molecule has 0 radical (unpaired) electrons. The molecule has 98 valence electrons. The van der Waals surface area contributed by atoms with Gasteiger partial charge in [-0.15, -0.1) is 0 Å². The second-order valence-electron chi connectivity index (χ2n) is 4.05. The first kappa shape index (κ1) is 14.7. The molecule has 2 atom stereocenters. The zero-order chi connectivity index (χ0) is 13.7. The van der Waals surface area contributed by atoms with Crippen LogP contribution >= 0.6 is 15.9 Å². The Morgan fingerprint density at radius 1 is 1.17 bits per heavy atom. The lowest BCUT2D eigenvalue weighted by atomic mass is 9.93. The van der Waals surface area contributed by atoms with Crippen LogP contribution in [0.2, 0.25) is 0 Å². The Hall–Kier alpha value is -1.40. The largest absolute Gasteiger partial charge is 0.481 e. The highest BCUT2D eigenvalue weighted by molar-refractivity contribution is 9.10. The van der Waals surface area contributed by atoms with E-state index in [2.05, 4.69) is 15.9 Å². The van der Waals surface area contributed by atoms with Gasteiger partial charge in [-0.1, -0.05) is 28.1 Å².